The number of hydrogen-bond acceptors (Lipinski definition) is 3. The SMILES string of the molecule is CC(Cc1cccc(Cl)c1)NS(=O)(=O)c1cnccc1Cl. The quantitative estimate of drug-likeness (QED) is 0.905. The lowest BCUT2D eigenvalue weighted by Gasteiger charge is -2.15. The summed E-state index contributed by atoms with van der Waals surface area (Å²) in [6.07, 6.45) is 3.20. The molecular weight excluding hydrogens is 331 g/mol. The van der Waals surface area contributed by atoms with Crippen LogP contribution in [0.4, 0.5) is 0 Å². The van der Waals surface area contributed by atoms with Gasteiger partial charge in [-0.15, -0.1) is 0 Å². The van der Waals surface area contributed by atoms with E-state index >= 15 is 0 Å². The topological polar surface area (TPSA) is 59.1 Å². The predicted octanol–water partition coefficient (Wildman–Crippen LogP) is 3.30. The number of rotatable bonds is 5. The summed E-state index contributed by atoms with van der Waals surface area (Å²) in [5.74, 6) is 0. The highest BCUT2D eigenvalue weighted by Gasteiger charge is 2.20. The molecule has 0 aliphatic heterocycles. The zero-order valence-electron chi connectivity index (χ0n) is 11.3. The van der Waals surface area contributed by atoms with Crippen molar-refractivity contribution in [1.29, 1.82) is 0 Å². The number of pyridine rings is 1. The first kappa shape index (κ1) is 16.2. The molecule has 1 unspecified atom stereocenters. The number of halogens is 2. The summed E-state index contributed by atoms with van der Waals surface area (Å²) in [5, 5.41) is 0.769. The molecule has 1 heterocycles. The molecule has 0 aliphatic rings. The van der Waals surface area contributed by atoms with Gasteiger partial charge in [-0.3, -0.25) is 4.98 Å². The predicted molar refractivity (Wildman–Crippen MR) is 84.2 cm³/mol. The van der Waals surface area contributed by atoms with Crippen LogP contribution in [-0.4, -0.2) is 19.4 Å². The fourth-order valence-electron chi connectivity index (χ4n) is 1.95. The van der Waals surface area contributed by atoms with Crippen molar-refractivity contribution in [3.63, 3.8) is 0 Å². The van der Waals surface area contributed by atoms with E-state index in [1.54, 1.807) is 13.0 Å². The maximum absolute atomic E-state index is 12.3. The molecule has 112 valence electrons. The molecule has 4 nitrogen and oxygen atoms in total. The summed E-state index contributed by atoms with van der Waals surface area (Å²) in [6.45, 7) is 1.78. The Hall–Kier alpha value is -1.14. The van der Waals surface area contributed by atoms with E-state index in [-0.39, 0.29) is 16.0 Å². The van der Waals surface area contributed by atoms with Crippen molar-refractivity contribution in [2.24, 2.45) is 0 Å². The molecule has 1 atom stereocenters. The lowest BCUT2D eigenvalue weighted by atomic mass is 10.1. The Labute approximate surface area is 134 Å². The third-order valence-corrected chi connectivity index (χ3v) is 5.10. The van der Waals surface area contributed by atoms with Gasteiger partial charge in [-0.2, -0.15) is 0 Å². The van der Waals surface area contributed by atoms with E-state index in [0.717, 1.165) is 5.56 Å². The van der Waals surface area contributed by atoms with E-state index < -0.39 is 10.0 Å². The summed E-state index contributed by atoms with van der Waals surface area (Å²) in [6, 6.07) is 8.45. The van der Waals surface area contributed by atoms with Crippen LogP contribution < -0.4 is 4.72 Å². The van der Waals surface area contributed by atoms with Crippen molar-refractivity contribution in [1.82, 2.24) is 9.71 Å². The highest BCUT2D eigenvalue weighted by molar-refractivity contribution is 7.89. The second-order valence-corrected chi connectivity index (χ2v) is 7.19. The van der Waals surface area contributed by atoms with Crippen LogP contribution >= 0.6 is 23.2 Å². The van der Waals surface area contributed by atoms with E-state index in [2.05, 4.69) is 9.71 Å². The molecule has 0 amide bonds. The molecule has 21 heavy (non-hydrogen) atoms. The van der Waals surface area contributed by atoms with E-state index in [1.165, 1.54) is 18.5 Å². The first-order chi connectivity index (χ1) is 9.88. The Morgan fingerprint density at radius 2 is 2.05 bits per heavy atom. The number of sulfonamides is 1. The Bertz CT molecular complexity index is 735. The van der Waals surface area contributed by atoms with Gasteiger partial charge < -0.3 is 0 Å². The van der Waals surface area contributed by atoms with Gasteiger partial charge in [0.2, 0.25) is 10.0 Å². The number of nitrogens with zero attached hydrogens (tertiary/aromatic N) is 1. The van der Waals surface area contributed by atoms with Crippen LogP contribution in [0.15, 0.2) is 47.6 Å². The molecule has 2 rings (SSSR count). The van der Waals surface area contributed by atoms with Crippen LogP contribution in [-0.2, 0) is 16.4 Å². The lowest BCUT2D eigenvalue weighted by molar-refractivity contribution is 0.559. The number of nitrogens with one attached hydrogen (secondary N) is 1. The maximum Gasteiger partial charge on any atom is 0.243 e. The summed E-state index contributed by atoms with van der Waals surface area (Å²) in [5.41, 5.74) is 0.954. The highest BCUT2D eigenvalue weighted by Crippen LogP contribution is 2.20. The van der Waals surface area contributed by atoms with Crippen LogP contribution in [0.5, 0.6) is 0 Å². The zero-order chi connectivity index (χ0) is 15.5. The summed E-state index contributed by atoms with van der Waals surface area (Å²) in [4.78, 5) is 3.77. The van der Waals surface area contributed by atoms with Crippen LogP contribution in [0.25, 0.3) is 0 Å². The number of benzene rings is 1. The van der Waals surface area contributed by atoms with Gasteiger partial charge in [-0.25, -0.2) is 13.1 Å². The van der Waals surface area contributed by atoms with Gasteiger partial charge in [-0.05, 0) is 37.1 Å². The molecule has 0 radical (unpaired) electrons. The van der Waals surface area contributed by atoms with Crippen molar-refractivity contribution in [2.75, 3.05) is 0 Å². The molecule has 1 aromatic carbocycles. The van der Waals surface area contributed by atoms with Gasteiger partial charge in [-0.1, -0.05) is 35.3 Å². The van der Waals surface area contributed by atoms with E-state index in [9.17, 15) is 8.42 Å². The second kappa shape index (κ2) is 6.75. The summed E-state index contributed by atoms with van der Waals surface area (Å²) < 4.78 is 27.1. The third kappa shape index (κ3) is 4.41. The van der Waals surface area contributed by atoms with Crippen LogP contribution in [0.3, 0.4) is 0 Å². The van der Waals surface area contributed by atoms with Gasteiger partial charge in [0.1, 0.15) is 4.90 Å². The molecule has 0 spiro atoms. The Kier molecular flexibility index (Phi) is 5.22. The van der Waals surface area contributed by atoms with Crippen molar-refractivity contribution in [3.05, 3.63) is 58.3 Å². The lowest BCUT2D eigenvalue weighted by Crippen LogP contribution is -2.34. The van der Waals surface area contributed by atoms with Gasteiger partial charge in [0.25, 0.3) is 0 Å². The fraction of sp³-hybridized carbons (Fsp3) is 0.214. The molecule has 1 aromatic heterocycles. The fourth-order valence-corrected chi connectivity index (χ4v) is 3.84. The van der Waals surface area contributed by atoms with Crippen LogP contribution in [0.2, 0.25) is 10.0 Å². The normalized spacial score (nSPS) is 13.1. The zero-order valence-corrected chi connectivity index (χ0v) is 13.6. The number of aromatic nitrogens is 1. The van der Waals surface area contributed by atoms with Gasteiger partial charge >= 0.3 is 0 Å². The minimum Gasteiger partial charge on any atom is -0.263 e. The van der Waals surface area contributed by atoms with Crippen molar-refractivity contribution in [2.45, 2.75) is 24.3 Å². The first-order valence-corrected chi connectivity index (χ1v) is 8.48. The van der Waals surface area contributed by atoms with Crippen LogP contribution in [0.1, 0.15) is 12.5 Å². The third-order valence-electron chi connectivity index (χ3n) is 2.81. The van der Waals surface area contributed by atoms with Gasteiger partial charge in [0.05, 0.1) is 5.02 Å². The van der Waals surface area contributed by atoms with E-state index in [4.69, 9.17) is 23.2 Å². The first-order valence-electron chi connectivity index (χ1n) is 6.25. The molecule has 0 fully saturated rings. The van der Waals surface area contributed by atoms with E-state index in [1.807, 2.05) is 18.2 Å². The maximum atomic E-state index is 12.3. The number of hydrogen-bond donors (Lipinski definition) is 1. The van der Waals surface area contributed by atoms with Gasteiger partial charge in [0, 0.05) is 23.5 Å². The molecule has 0 bridgehead atoms. The average Bonchev–Trinajstić information content (AvgIpc) is 2.38. The van der Waals surface area contributed by atoms with Gasteiger partial charge in [0.15, 0.2) is 0 Å². The molecule has 7 heteroatoms. The molecule has 0 saturated heterocycles. The molecule has 0 aliphatic carbocycles. The summed E-state index contributed by atoms with van der Waals surface area (Å²) in [7, 11) is -3.70. The standard InChI is InChI=1S/C14H14Cl2N2O2S/c1-10(7-11-3-2-4-12(15)8-11)18-21(19,20)14-9-17-6-5-13(14)16/h2-6,8-10,18H,7H2,1H3. The Balaban J connectivity index is 2.12. The average molecular weight is 345 g/mol. The molecule has 1 N–H and O–H groups in total. The Morgan fingerprint density at radius 1 is 1.29 bits per heavy atom. The molecular formula is C14H14Cl2N2O2S. The Morgan fingerprint density at radius 3 is 2.71 bits per heavy atom. The van der Waals surface area contributed by atoms with Crippen molar-refractivity contribution in [3.8, 4) is 0 Å². The largest absolute Gasteiger partial charge is 0.263 e. The minimum absolute atomic E-state index is 0.0235. The van der Waals surface area contributed by atoms with Crippen molar-refractivity contribution < 1.29 is 8.42 Å². The molecule has 0 saturated carbocycles. The van der Waals surface area contributed by atoms with E-state index in [0.29, 0.717) is 11.4 Å². The smallest absolute Gasteiger partial charge is 0.243 e. The molecule has 2 aromatic rings. The van der Waals surface area contributed by atoms with Crippen LogP contribution in [0, 0.1) is 0 Å². The van der Waals surface area contributed by atoms with Crippen molar-refractivity contribution >= 4 is 33.2 Å². The minimum atomic E-state index is -3.70. The highest BCUT2D eigenvalue weighted by atomic mass is 35.5. The summed E-state index contributed by atoms with van der Waals surface area (Å²) >= 11 is 11.8. The monoisotopic (exact) mass is 344 g/mol. The second-order valence-electron chi connectivity index (χ2n) is 4.66.